The fourth-order valence-corrected chi connectivity index (χ4v) is 1.99. The van der Waals surface area contributed by atoms with E-state index in [0.717, 1.165) is 11.5 Å². The van der Waals surface area contributed by atoms with Gasteiger partial charge in [0.2, 0.25) is 0 Å². The van der Waals surface area contributed by atoms with Gasteiger partial charge in [-0.25, -0.2) is 4.98 Å². The van der Waals surface area contributed by atoms with Crippen molar-refractivity contribution < 1.29 is 14.3 Å². The Morgan fingerprint density at radius 1 is 1.32 bits per heavy atom. The Kier molecular flexibility index (Phi) is 5.41. The Bertz CT molecular complexity index is 607. The van der Waals surface area contributed by atoms with Gasteiger partial charge in [-0.1, -0.05) is 0 Å². The monoisotopic (exact) mass is 303 g/mol. The molecule has 118 valence electrons. The molecule has 1 aromatic heterocycles. The first-order valence-corrected chi connectivity index (χ1v) is 7.22. The summed E-state index contributed by atoms with van der Waals surface area (Å²) in [6.45, 7) is 4.96. The molecule has 1 amide bonds. The number of aromatic nitrogens is 2. The quantitative estimate of drug-likeness (QED) is 0.851. The first kappa shape index (κ1) is 15.9. The van der Waals surface area contributed by atoms with E-state index in [1.54, 1.807) is 24.2 Å². The van der Waals surface area contributed by atoms with Crippen LogP contribution in [-0.4, -0.2) is 35.2 Å². The minimum atomic E-state index is -0.148. The van der Waals surface area contributed by atoms with E-state index in [1.807, 2.05) is 38.1 Å². The maximum absolute atomic E-state index is 12.1. The number of imidazole rings is 1. The van der Waals surface area contributed by atoms with Gasteiger partial charge in [0.05, 0.1) is 25.7 Å². The van der Waals surface area contributed by atoms with Crippen molar-refractivity contribution in [3.63, 3.8) is 0 Å². The number of amides is 1. The highest BCUT2D eigenvalue weighted by atomic mass is 16.5. The first-order chi connectivity index (χ1) is 10.6. The highest BCUT2D eigenvalue weighted by Crippen LogP contribution is 2.17. The van der Waals surface area contributed by atoms with Crippen molar-refractivity contribution >= 4 is 5.91 Å². The van der Waals surface area contributed by atoms with Gasteiger partial charge in [0.1, 0.15) is 23.8 Å². The second-order valence-corrected chi connectivity index (χ2v) is 4.93. The molecule has 0 bridgehead atoms. The fraction of sp³-hybridized carbons (Fsp3) is 0.375. The molecule has 1 heterocycles. The van der Waals surface area contributed by atoms with Crippen molar-refractivity contribution in [1.82, 2.24) is 14.9 Å². The maximum atomic E-state index is 12.1. The smallest absolute Gasteiger partial charge is 0.269 e. The molecule has 0 radical (unpaired) electrons. The highest BCUT2D eigenvalue weighted by Gasteiger charge is 2.14. The molecule has 2 aromatic rings. The van der Waals surface area contributed by atoms with Crippen LogP contribution in [0.1, 0.15) is 24.3 Å². The number of ether oxygens (including phenoxy) is 2. The van der Waals surface area contributed by atoms with Crippen LogP contribution < -0.4 is 14.8 Å². The predicted molar refractivity (Wildman–Crippen MR) is 83.3 cm³/mol. The van der Waals surface area contributed by atoms with E-state index >= 15 is 0 Å². The molecule has 6 nitrogen and oxygen atoms in total. The van der Waals surface area contributed by atoms with Crippen molar-refractivity contribution in [2.75, 3.05) is 13.7 Å². The molecule has 22 heavy (non-hydrogen) atoms. The van der Waals surface area contributed by atoms with Gasteiger partial charge in [-0.05, 0) is 38.1 Å². The zero-order chi connectivity index (χ0) is 15.9. The molecule has 1 aromatic carbocycles. The molecule has 0 aliphatic carbocycles. The zero-order valence-electron chi connectivity index (χ0n) is 13.1. The SMILES string of the molecule is CCn1cncc1C(=O)NC(C)COc1ccc(OC)cc1. The Morgan fingerprint density at radius 2 is 2.00 bits per heavy atom. The summed E-state index contributed by atoms with van der Waals surface area (Å²) in [6, 6.07) is 7.21. The molecule has 1 unspecified atom stereocenters. The molecule has 0 saturated carbocycles. The molecule has 0 fully saturated rings. The van der Waals surface area contributed by atoms with Crippen LogP contribution in [0.25, 0.3) is 0 Å². The molecule has 0 spiro atoms. The van der Waals surface area contributed by atoms with Crippen molar-refractivity contribution in [2.24, 2.45) is 0 Å². The van der Waals surface area contributed by atoms with E-state index in [2.05, 4.69) is 10.3 Å². The lowest BCUT2D eigenvalue weighted by Gasteiger charge is -2.15. The fourth-order valence-electron chi connectivity index (χ4n) is 1.99. The van der Waals surface area contributed by atoms with Crippen LogP contribution in [0.5, 0.6) is 11.5 Å². The summed E-state index contributed by atoms with van der Waals surface area (Å²) in [6.07, 6.45) is 3.21. The number of aryl methyl sites for hydroxylation is 1. The molecule has 6 heteroatoms. The summed E-state index contributed by atoms with van der Waals surface area (Å²) in [7, 11) is 1.62. The summed E-state index contributed by atoms with van der Waals surface area (Å²) >= 11 is 0. The summed E-state index contributed by atoms with van der Waals surface area (Å²) in [5.41, 5.74) is 0.554. The number of rotatable bonds is 7. The van der Waals surface area contributed by atoms with Crippen molar-refractivity contribution in [3.05, 3.63) is 42.5 Å². The summed E-state index contributed by atoms with van der Waals surface area (Å²) in [5.74, 6) is 1.37. The van der Waals surface area contributed by atoms with E-state index in [-0.39, 0.29) is 11.9 Å². The Labute approximate surface area is 130 Å². The van der Waals surface area contributed by atoms with Gasteiger partial charge < -0.3 is 19.4 Å². The lowest BCUT2D eigenvalue weighted by atomic mass is 10.3. The molecule has 0 aliphatic rings. The number of hydrogen-bond acceptors (Lipinski definition) is 4. The minimum absolute atomic E-state index is 0.116. The molecule has 0 saturated heterocycles. The second-order valence-electron chi connectivity index (χ2n) is 4.93. The Morgan fingerprint density at radius 3 is 2.64 bits per heavy atom. The van der Waals surface area contributed by atoms with Crippen molar-refractivity contribution in [3.8, 4) is 11.5 Å². The minimum Gasteiger partial charge on any atom is -0.497 e. The number of hydrogen-bond donors (Lipinski definition) is 1. The summed E-state index contributed by atoms with van der Waals surface area (Å²) < 4.78 is 12.5. The number of carbonyl (C=O) groups excluding carboxylic acids is 1. The van der Waals surface area contributed by atoms with Crippen LogP contribution in [0.4, 0.5) is 0 Å². The molecule has 2 rings (SSSR count). The van der Waals surface area contributed by atoms with E-state index in [4.69, 9.17) is 9.47 Å². The second kappa shape index (κ2) is 7.49. The Balaban J connectivity index is 1.84. The number of benzene rings is 1. The maximum Gasteiger partial charge on any atom is 0.269 e. The van der Waals surface area contributed by atoms with Crippen LogP contribution in [0.3, 0.4) is 0 Å². The van der Waals surface area contributed by atoms with Crippen LogP contribution >= 0.6 is 0 Å². The molecule has 1 atom stereocenters. The number of nitrogens with zero attached hydrogens (tertiary/aromatic N) is 2. The van der Waals surface area contributed by atoms with Gasteiger partial charge in [-0.2, -0.15) is 0 Å². The van der Waals surface area contributed by atoms with Gasteiger partial charge in [0.25, 0.3) is 5.91 Å². The van der Waals surface area contributed by atoms with Gasteiger partial charge >= 0.3 is 0 Å². The van der Waals surface area contributed by atoms with Gasteiger partial charge in [-0.3, -0.25) is 4.79 Å². The number of nitrogens with one attached hydrogen (secondary N) is 1. The standard InChI is InChI=1S/C16H21N3O3/c1-4-19-11-17-9-15(19)16(20)18-12(2)10-22-14-7-5-13(21-3)6-8-14/h5-9,11-12H,4,10H2,1-3H3,(H,18,20). The van der Waals surface area contributed by atoms with Crippen LogP contribution in [0, 0.1) is 0 Å². The molecule has 1 N–H and O–H groups in total. The summed E-state index contributed by atoms with van der Waals surface area (Å²) in [5, 5.41) is 2.90. The molecular weight excluding hydrogens is 282 g/mol. The van der Waals surface area contributed by atoms with Gasteiger partial charge in [0.15, 0.2) is 0 Å². The van der Waals surface area contributed by atoms with Crippen LogP contribution in [-0.2, 0) is 6.54 Å². The van der Waals surface area contributed by atoms with Gasteiger partial charge in [0, 0.05) is 6.54 Å². The number of methoxy groups -OCH3 is 1. The average molecular weight is 303 g/mol. The topological polar surface area (TPSA) is 65.4 Å². The largest absolute Gasteiger partial charge is 0.497 e. The molecular formula is C16H21N3O3. The predicted octanol–water partition coefficient (Wildman–Crippen LogP) is 2.11. The zero-order valence-corrected chi connectivity index (χ0v) is 13.1. The average Bonchev–Trinajstić information content (AvgIpc) is 3.02. The molecule has 0 aliphatic heterocycles. The normalized spacial score (nSPS) is 11.8. The third kappa shape index (κ3) is 4.00. The Hall–Kier alpha value is -2.50. The van der Waals surface area contributed by atoms with Gasteiger partial charge in [-0.15, -0.1) is 0 Å². The van der Waals surface area contributed by atoms with E-state index in [1.165, 1.54) is 0 Å². The van der Waals surface area contributed by atoms with Crippen molar-refractivity contribution in [1.29, 1.82) is 0 Å². The third-order valence-corrected chi connectivity index (χ3v) is 3.22. The highest BCUT2D eigenvalue weighted by molar-refractivity contribution is 5.92. The van der Waals surface area contributed by atoms with E-state index in [0.29, 0.717) is 18.8 Å². The first-order valence-electron chi connectivity index (χ1n) is 7.22. The van der Waals surface area contributed by atoms with E-state index < -0.39 is 0 Å². The van der Waals surface area contributed by atoms with Crippen molar-refractivity contribution in [2.45, 2.75) is 26.4 Å². The van der Waals surface area contributed by atoms with Crippen LogP contribution in [0.2, 0.25) is 0 Å². The van der Waals surface area contributed by atoms with E-state index in [9.17, 15) is 4.79 Å². The van der Waals surface area contributed by atoms with Crippen LogP contribution in [0.15, 0.2) is 36.8 Å². The lowest BCUT2D eigenvalue weighted by Crippen LogP contribution is -2.37. The summed E-state index contributed by atoms with van der Waals surface area (Å²) in [4.78, 5) is 16.1. The third-order valence-electron chi connectivity index (χ3n) is 3.22. The lowest BCUT2D eigenvalue weighted by molar-refractivity contribution is 0.0917. The number of carbonyl (C=O) groups is 1.